The van der Waals surface area contributed by atoms with E-state index in [9.17, 15) is 0 Å². The van der Waals surface area contributed by atoms with Gasteiger partial charge in [-0.05, 0) is 17.5 Å². The summed E-state index contributed by atoms with van der Waals surface area (Å²) in [6.07, 6.45) is 2.85. The topological polar surface area (TPSA) is 0 Å². The highest BCUT2D eigenvalue weighted by atomic mass is 29.3. The smallest absolute Gasteiger partial charge is 0.0446 e. The predicted molar refractivity (Wildman–Crippen MR) is 78.3 cm³/mol. The van der Waals surface area contributed by atoms with E-state index in [4.69, 9.17) is 0 Å². The Hall–Kier alpha value is -0.346. The van der Waals surface area contributed by atoms with Gasteiger partial charge in [0.05, 0.1) is 0 Å². The van der Waals surface area contributed by atoms with Crippen LogP contribution in [0.4, 0.5) is 0 Å². The maximum absolute atomic E-state index is 2.65. The average Bonchev–Trinajstić information content (AvgIpc) is 2.43. The first kappa shape index (κ1) is 12.1. The number of hydrogen-bond donors (Lipinski definition) is 0. The van der Waals surface area contributed by atoms with Crippen molar-refractivity contribution < 1.29 is 0 Å². The van der Waals surface area contributed by atoms with E-state index >= 15 is 0 Å². The van der Waals surface area contributed by atoms with Gasteiger partial charge in [-0.15, -0.1) is 0 Å². The quantitative estimate of drug-likeness (QED) is 0.676. The summed E-state index contributed by atoms with van der Waals surface area (Å²) >= 11 is 0. The normalized spacial score (nSPS) is 26.9. The lowest BCUT2D eigenvalue weighted by molar-refractivity contribution is 0.783. The maximum atomic E-state index is 2.65. The summed E-state index contributed by atoms with van der Waals surface area (Å²) in [6, 6.07) is 12.7. The molecule has 1 heterocycles. The van der Waals surface area contributed by atoms with Gasteiger partial charge in [0, 0.05) is 15.2 Å². The molecule has 0 N–H and O–H groups in total. The standard InChI is InChI=1S/C14H24Si2/c1-15(2)11-10-14(16(15,3)4)12-13-8-6-5-7-9-13/h5-9,14H,10-12H2,1-4H3. The molecule has 2 heteroatoms. The summed E-state index contributed by atoms with van der Waals surface area (Å²) in [6.45, 7) is 10.6. The third kappa shape index (κ3) is 2.05. The van der Waals surface area contributed by atoms with E-state index in [0.29, 0.717) is 0 Å². The lowest BCUT2D eigenvalue weighted by Crippen LogP contribution is -2.52. The zero-order chi connectivity index (χ0) is 11.8. The highest BCUT2D eigenvalue weighted by Crippen LogP contribution is 2.46. The summed E-state index contributed by atoms with van der Waals surface area (Å²) in [5, 5.41) is 0. The van der Waals surface area contributed by atoms with Crippen molar-refractivity contribution in [1.29, 1.82) is 0 Å². The minimum Gasteiger partial charge on any atom is -0.0713 e. The van der Waals surface area contributed by atoms with Crippen LogP contribution < -0.4 is 0 Å². The molecule has 0 spiro atoms. The largest absolute Gasteiger partial charge is 0.0713 e. The van der Waals surface area contributed by atoms with E-state index in [1.165, 1.54) is 12.8 Å². The molecular formula is C14H24Si2. The zero-order valence-electron chi connectivity index (χ0n) is 11.1. The second-order valence-electron chi connectivity index (χ2n) is 6.53. The molecule has 0 aliphatic carbocycles. The van der Waals surface area contributed by atoms with E-state index in [1.54, 1.807) is 11.6 Å². The maximum Gasteiger partial charge on any atom is 0.0446 e. The van der Waals surface area contributed by atoms with E-state index in [2.05, 4.69) is 56.5 Å². The molecule has 1 aliphatic rings. The van der Waals surface area contributed by atoms with Gasteiger partial charge >= 0.3 is 0 Å². The molecule has 1 fully saturated rings. The zero-order valence-corrected chi connectivity index (χ0v) is 13.1. The second-order valence-corrected chi connectivity index (χ2v) is 23.0. The lowest BCUT2D eigenvalue weighted by atomic mass is 10.1. The minimum atomic E-state index is -0.941. The Morgan fingerprint density at radius 3 is 2.19 bits per heavy atom. The molecule has 1 atom stereocenters. The third-order valence-corrected chi connectivity index (χ3v) is 25.2. The molecule has 2 rings (SSSR count). The summed E-state index contributed by atoms with van der Waals surface area (Å²) in [4.78, 5) is 0. The van der Waals surface area contributed by atoms with Gasteiger partial charge < -0.3 is 0 Å². The van der Waals surface area contributed by atoms with E-state index in [0.717, 1.165) is 5.54 Å². The van der Waals surface area contributed by atoms with Gasteiger partial charge in [-0.3, -0.25) is 0 Å². The molecule has 0 nitrogen and oxygen atoms in total. The highest BCUT2D eigenvalue weighted by molar-refractivity contribution is 7.42. The SMILES string of the molecule is C[Si]1(C)CCC(Cc2ccccc2)[Si]1(C)C. The fraction of sp³-hybridized carbons (Fsp3) is 0.571. The van der Waals surface area contributed by atoms with Gasteiger partial charge in [0.1, 0.15) is 0 Å². The molecule has 1 unspecified atom stereocenters. The van der Waals surface area contributed by atoms with Crippen molar-refractivity contribution in [2.24, 2.45) is 0 Å². The number of rotatable bonds is 2. The van der Waals surface area contributed by atoms with Crippen LogP contribution in [0.15, 0.2) is 30.3 Å². The number of benzene rings is 1. The van der Waals surface area contributed by atoms with Crippen LogP contribution in [-0.2, 0) is 6.42 Å². The fourth-order valence-electron chi connectivity index (χ4n) is 3.03. The Bertz CT molecular complexity index is 354. The molecule has 1 saturated heterocycles. The van der Waals surface area contributed by atoms with Gasteiger partial charge in [0.2, 0.25) is 0 Å². The molecule has 88 valence electrons. The summed E-state index contributed by atoms with van der Waals surface area (Å²) in [5.41, 5.74) is 2.59. The monoisotopic (exact) mass is 248 g/mol. The van der Waals surface area contributed by atoms with Gasteiger partial charge in [-0.25, -0.2) is 0 Å². The van der Waals surface area contributed by atoms with Crippen molar-refractivity contribution in [3.8, 4) is 0 Å². The van der Waals surface area contributed by atoms with Gasteiger partial charge in [-0.2, -0.15) is 0 Å². The number of hydrogen-bond acceptors (Lipinski definition) is 0. The first-order chi connectivity index (χ1) is 7.43. The van der Waals surface area contributed by atoms with Crippen LogP contribution >= 0.6 is 0 Å². The van der Waals surface area contributed by atoms with Crippen molar-refractivity contribution >= 4 is 15.2 Å². The second kappa shape index (κ2) is 4.15. The summed E-state index contributed by atoms with van der Waals surface area (Å²) in [5.74, 6) is 0. The molecule has 0 amide bonds. The first-order valence-corrected chi connectivity index (χ1v) is 13.8. The van der Waals surface area contributed by atoms with Crippen molar-refractivity contribution in [2.75, 3.05) is 0 Å². The Labute approximate surface area is 102 Å². The molecular weight excluding hydrogens is 224 g/mol. The molecule has 0 aromatic heterocycles. The van der Waals surface area contributed by atoms with Gasteiger partial charge in [-0.1, -0.05) is 69.0 Å². The van der Waals surface area contributed by atoms with E-state index < -0.39 is 15.2 Å². The summed E-state index contributed by atoms with van der Waals surface area (Å²) in [7, 11) is -1.79. The first-order valence-electron chi connectivity index (χ1n) is 6.47. The van der Waals surface area contributed by atoms with Gasteiger partial charge in [0.15, 0.2) is 0 Å². The molecule has 1 aliphatic heterocycles. The molecule has 0 radical (unpaired) electrons. The Balaban J connectivity index is 2.13. The average molecular weight is 249 g/mol. The molecule has 16 heavy (non-hydrogen) atoms. The Morgan fingerprint density at radius 1 is 1.06 bits per heavy atom. The molecule has 1 aromatic rings. The lowest BCUT2D eigenvalue weighted by Gasteiger charge is -2.36. The van der Waals surface area contributed by atoms with Crippen molar-refractivity contribution in [1.82, 2.24) is 0 Å². The van der Waals surface area contributed by atoms with Crippen molar-refractivity contribution in [3.63, 3.8) is 0 Å². The molecule has 1 aromatic carbocycles. The van der Waals surface area contributed by atoms with Crippen LogP contribution in [0.2, 0.25) is 37.8 Å². The van der Waals surface area contributed by atoms with Crippen molar-refractivity contribution in [2.45, 2.75) is 50.6 Å². The van der Waals surface area contributed by atoms with Gasteiger partial charge in [0.25, 0.3) is 0 Å². The Kier molecular flexibility index (Phi) is 3.14. The van der Waals surface area contributed by atoms with Crippen LogP contribution in [-0.4, -0.2) is 15.2 Å². The van der Waals surface area contributed by atoms with Crippen molar-refractivity contribution in [3.05, 3.63) is 35.9 Å². The molecule has 0 saturated carbocycles. The van der Waals surface area contributed by atoms with Crippen LogP contribution in [0.5, 0.6) is 0 Å². The van der Waals surface area contributed by atoms with E-state index in [1.807, 2.05) is 0 Å². The summed E-state index contributed by atoms with van der Waals surface area (Å²) < 4.78 is 0. The van der Waals surface area contributed by atoms with Crippen LogP contribution in [0, 0.1) is 0 Å². The van der Waals surface area contributed by atoms with E-state index in [-0.39, 0.29) is 0 Å². The van der Waals surface area contributed by atoms with Crippen LogP contribution in [0.3, 0.4) is 0 Å². The van der Waals surface area contributed by atoms with Crippen LogP contribution in [0.1, 0.15) is 12.0 Å². The highest BCUT2D eigenvalue weighted by Gasteiger charge is 2.50. The third-order valence-electron chi connectivity index (χ3n) is 5.21. The fourth-order valence-corrected chi connectivity index (χ4v) is 14.2. The molecule has 0 bridgehead atoms. The Morgan fingerprint density at radius 2 is 1.69 bits per heavy atom. The minimum absolute atomic E-state index is 0.846. The van der Waals surface area contributed by atoms with Crippen LogP contribution in [0.25, 0.3) is 0 Å². The predicted octanol–water partition coefficient (Wildman–Crippen LogP) is 4.50.